The third-order valence-electron chi connectivity index (χ3n) is 5.04. The van der Waals surface area contributed by atoms with E-state index >= 15 is 0 Å². The maximum atomic E-state index is 13.0. The molecule has 1 aliphatic rings. The summed E-state index contributed by atoms with van der Waals surface area (Å²) in [6.45, 7) is 4.59. The number of nitrogens with zero attached hydrogens (tertiary/aromatic N) is 3. The molecule has 1 atom stereocenters. The molecule has 1 aromatic heterocycles. The highest BCUT2D eigenvalue weighted by Crippen LogP contribution is 2.34. The second-order valence-electron chi connectivity index (χ2n) is 7.08. The van der Waals surface area contributed by atoms with Crippen LogP contribution >= 0.6 is 11.3 Å². The molecule has 148 valence electrons. The molecule has 1 N–H and O–H groups in total. The molecular weight excluding hydrogens is 391 g/mol. The topological polar surface area (TPSA) is 75.2 Å². The molecule has 29 heavy (non-hydrogen) atoms. The minimum atomic E-state index is -0.404. The number of amides is 2. The van der Waals surface area contributed by atoms with E-state index in [0.29, 0.717) is 28.7 Å². The summed E-state index contributed by atoms with van der Waals surface area (Å²) in [6, 6.07) is 11.3. The van der Waals surface area contributed by atoms with Gasteiger partial charge in [0.2, 0.25) is 11.0 Å². The van der Waals surface area contributed by atoms with E-state index < -0.39 is 5.82 Å². The van der Waals surface area contributed by atoms with Gasteiger partial charge in [-0.25, -0.2) is 4.39 Å². The van der Waals surface area contributed by atoms with Crippen LogP contribution in [0.3, 0.4) is 0 Å². The minimum absolute atomic E-state index is 0.0466. The first-order chi connectivity index (χ1) is 13.9. The third-order valence-corrected chi connectivity index (χ3v) is 6.05. The summed E-state index contributed by atoms with van der Waals surface area (Å²) in [5.41, 5.74) is 3.54. The maximum absolute atomic E-state index is 13.0. The molecule has 2 aromatic carbocycles. The van der Waals surface area contributed by atoms with E-state index in [4.69, 9.17) is 0 Å². The van der Waals surface area contributed by atoms with Gasteiger partial charge in [-0.1, -0.05) is 17.4 Å². The fourth-order valence-electron chi connectivity index (χ4n) is 3.24. The number of aryl methyl sites for hydroxylation is 2. The third kappa shape index (κ3) is 4.02. The van der Waals surface area contributed by atoms with Crippen LogP contribution in [-0.2, 0) is 4.79 Å². The van der Waals surface area contributed by atoms with Crippen molar-refractivity contribution < 1.29 is 14.0 Å². The van der Waals surface area contributed by atoms with Gasteiger partial charge in [-0.05, 0) is 61.4 Å². The molecule has 6 nitrogen and oxygen atoms in total. The fraction of sp³-hybridized carbons (Fsp3) is 0.238. The summed E-state index contributed by atoms with van der Waals surface area (Å²) in [4.78, 5) is 26.6. The smallest absolute Gasteiger partial charge is 0.257 e. The van der Waals surface area contributed by atoms with Gasteiger partial charge in [0.15, 0.2) is 0 Å². The lowest BCUT2D eigenvalue weighted by Gasteiger charge is -2.17. The van der Waals surface area contributed by atoms with Crippen LogP contribution < -0.4 is 10.2 Å². The number of carbonyl (C=O) groups is 2. The van der Waals surface area contributed by atoms with Crippen molar-refractivity contribution in [1.82, 2.24) is 10.2 Å². The van der Waals surface area contributed by atoms with Crippen molar-refractivity contribution in [3.63, 3.8) is 0 Å². The number of nitrogens with one attached hydrogen (secondary N) is 1. The summed E-state index contributed by atoms with van der Waals surface area (Å²) in [5, 5.41) is 11.9. The van der Waals surface area contributed by atoms with Gasteiger partial charge in [0.1, 0.15) is 10.8 Å². The van der Waals surface area contributed by atoms with E-state index in [0.717, 1.165) is 11.3 Å². The van der Waals surface area contributed by atoms with E-state index in [2.05, 4.69) is 15.5 Å². The number of halogens is 1. The van der Waals surface area contributed by atoms with Gasteiger partial charge in [0.25, 0.3) is 5.91 Å². The first-order valence-corrected chi connectivity index (χ1v) is 10.0. The van der Waals surface area contributed by atoms with Crippen molar-refractivity contribution in [3.05, 3.63) is 70.0 Å². The lowest BCUT2D eigenvalue weighted by atomic mass is 10.1. The van der Waals surface area contributed by atoms with E-state index in [-0.39, 0.29) is 17.7 Å². The fourth-order valence-corrected chi connectivity index (χ4v) is 4.07. The highest BCUT2D eigenvalue weighted by atomic mass is 32.1. The SMILES string of the molecule is Cc1ccc(N2C[C@@H](c3nnc(NC(=O)c4ccc(F)cc4)s3)CC2=O)cc1C. The van der Waals surface area contributed by atoms with Gasteiger partial charge in [0, 0.05) is 30.1 Å². The molecule has 4 rings (SSSR count). The highest BCUT2D eigenvalue weighted by Gasteiger charge is 2.34. The molecular formula is C21H19FN4O2S. The largest absolute Gasteiger partial charge is 0.312 e. The summed E-state index contributed by atoms with van der Waals surface area (Å²) in [5.74, 6) is -0.811. The molecule has 2 heterocycles. The number of benzene rings is 2. The molecule has 3 aromatic rings. The second-order valence-corrected chi connectivity index (χ2v) is 8.09. The molecule has 1 fully saturated rings. The maximum Gasteiger partial charge on any atom is 0.257 e. The van der Waals surface area contributed by atoms with Crippen molar-refractivity contribution in [1.29, 1.82) is 0 Å². The van der Waals surface area contributed by atoms with Crippen LogP contribution in [0.25, 0.3) is 0 Å². The van der Waals surface area contributed by atoms with Gasteiger partial charge < -0.3 is 4.90 Å². The second kappa shape index (κ2) is 7.71. The van der Waals surface area contributed by atoms with Crippen LogP contribution in [0.2, 0.25) is 0 Å². The Balaban J connectivity index is 1.45. The Kier molecular flexibility index (Phi) is 5.10. The monoisotopic (exact) mass is 410 g/mol. The van der Waals surface area contributed by atoms with Crippen molar-refractivity contribution in [2.75, 3.05) is 16.8 Å². The molecule has 8 heteroatoms. The number of hydrogen-bond acceptors (Lipinski definition) is 5. The van der Waals surface area contributed by atoms with Crippen molar-refractivity contribution >= 4 is 34.0 Å². The number of carbonyl (C=O) groups excluding carboxylic acids is 2. The van der Waals surface area contributed by atoms with Crippen molar-refractivity contribution in [2.24, 2.45) is 0 Å². The molecule has 1 aliphatic heterocycles. The van der Waals surface area contributed by atoms with Crippen LogP contribution in [0, 0.1) is 19.7 Å². The van der Waals surface area contributed by atoms with E-state index in [1.165, 1.54) is 41.2 Å². The van der Waals surface area contributed by atoms with E-state index in [1.54, 1.807) is 4.90 Å². The van der Waals surface area contributed by atoms with Crippen molar-refractivity contribution in [2.45, 2.75) is 26.2 Å². The molecule has 0 spiro atoms. The number of rotatable bonds is 4. The average Bonchev–Trinajstić information content (AvgIpc) is 3.31. The molecule has 0 bridgehead atoms. The predicted molar refractivity (Wildman–Crippen MR) is 110 cm³/mol. The van der Waals surface area contributed by atoms with Crippen LogP contribution in [0.4, 0.5) is 15.2 Å². The summed E-state index contributed by atoms with van der Waals surface area (Å²) in [7, 11) is 0. The highest BCUT2D eigenvalue weighted by molar-refractivity contribution is 7.15. The zero-order valence-electron chi connectivity index (χ0n) is 16.0. The normalized spacial score (nSPS) is 16.3. The summed E-state index contributed by atoms with van der Waals surface area (Å²) < 4.78 is 13.0. The number of aromatic nitrogens is 2. The summed E-state index contributed by atoms with van der Waals surface area (Å²) >= 11 is 1.25. The number of anilines is 2. The molecule has 0 saturated carbocycles. The van der Waals surface area contributed by atoms with E-state index in [1.807, 2.05) is 32.0 Å². The Morgan fingerprint density at radius 3 is 2.62 bits per heavy atom. The van der Waals surface area contributed by atoms with Gasteiger partial charge in [-0.2, -0.15) is 0 Å². The molecule has 0 aliphatic carbocycles. The van der Waals surface area contributed by atoms with Gasteiger partial charge in [-0.3, -0.25) is 14.9 Å². The lowest BCUT2D eigenvalue weighted by molar-refractivity contribution is -0.117. The number of hydrogen-bond donors (Lipinski definition) is 1. The zero-order valence-corrected chi connectivity index (χ0v) is 16.8. The molecule has 0 radical (unpaired) electrons. The Morgan fingerprint density at radius 2 is 1.90 bits per heavy atom. The quantitative estimate of drug-likeness (QED) is 0.704. The van der Waals surface area contributed by atoms with Crippen LogP contribution in [-0.4, -0.2) is 28.6 Å². The first-order valence-electron chi connectivity index (χ1n) is 9.18. The Morgan fingerprint density at radius 1 is 1.14 bits per heavy atom. The minimum Gasteiger partial charge on any atom is -0.312 e. The standard InChI is InChI=1S/C21H19FN4O2S/c1-12-3-8-17(9-13(12)2)26-11-15(10-18(26)27)20-24-25-21(29-20)23-19(28)14-4-6-16(22)7-5-14/h3-9,15H,10-11H2,1-2H3,(H,23,25,28)/t15-/m0/s1. The predicted octanol–water partition coefficient (Wildman–Crippen LogP) is 4.07. The first kappa shape index (κ1) is 19.2. The van der Waals surface area contributed by atoms with Gasteiger partial charge >= 0.3 is 0 Å². The zero-order chi connectivity index (χ0) is 20.5. The lowest BCUT2D eigenvalue weighted by Crippen LogP contribution is -2.24. The van der Waals surface area contributed by atoms with Crippen LogP contribution in [0.15, 0.2) is 42.5 Å². The Bertz CT molecular complexity index is 1080. The molecule has 0 unspecified atom stereocenters. The molecule has 2 amide bonds. The summed E-state index contributed by atoms with van der Waals surface area (Å²) in [6.07, 6.45) is 0.355. The van der Waals surface area contributed by atoms with Crippen LogP contribution in [0.5, 0.6) is 0 Å². The van der Waals surface area contributed by atoms with E-state index in [9.17, 15) is 14.0 Å². The Labute approximate surface area is 171 Å². The molecule has 1 saturated heterocycles. The average molecular weight is 410 g/mol. The Hall–Kier alpha value is -3.13. The van der Waals surface area contributed by atoms with Crippen LogP contribution in [0.1, 0.15) is 38.8 Å². The van der Waals surface area contributed by atoms with Crippen molar-refractivity contribution in [3.8, 4) is 0 Å². The van der Waals surface area contributed by atoms with Gasteiger partial charge in [0.05, 0.1) is 0 Å². The van der Waals surface area contributed by atoms with Gasteiger partial charge in [-0.15, -0.1) is 10.2 Å².